The van der Waals surface area contributed by atoms with Gasteiger partial charge in [0.25, 0.3) is 0 Å². The minimum Gasteiger partial charge on any atom is -0.507 e. The Morgan fingerprint density at radius 2 is 1.80 bits per heavy atom. The predicted octanol–water partition coefficient (Wildman–Crippen LogP) is 4.73. The van der Waals surface area contributed by atoms with E-state index < -0.39 is 0 Å². The van der Waals surface area contributed by atoms with Crippen molar-refractivity contribution in [1.82, 2.24) is 10.3 Å². The van der Waals surface area contributed by atoms with Crippen molar-refractivity contribution in [2.24, 2.45) is 0 Å². The summed E-state index contributed by atoms with van der Waals surface area (Å²) in [4.78, 5) is 16.4. The Labute approximate surface area is 177 Å². The minimum atomic E-state index is -0.358. The van der Waals surface area contributed by atoms with E-state index in [0.717, 1.165) is 5.56 Å². The number of amides is 1. The molecule has 3 aromatic carbocycles. The maximum Gasteiger partial charge on any atom is 0.250 e. The van der Waals surface area contributed by atoms with Crippen LogP contribution in [0.4, 0.5) is 5.69 Å². The quantitative estimate of drug-likeness (QED) is 0.330. The van der Waals surface area contributed by atoms with E-state index >= 15 is 0 Å². The number of nitrogens with one attached hydrogen (secondary N) is 2. The minimum absolute atomic E-state index is 0.0235. The second kappa shape index (κ2) is 8.59. The van der Waals surface area contributed by atoms with Gasteiger partial charge < -0.3 is 14.8 Å². The lowest BCUT2D eigenvalue weighted by molar-refractivity contribution is -0.115. The number of hydrogen-bond acceptors (Lipinski definition) is 5. The molecular formula is C23H17N3O3S. The van der Waals surface area contributed by atoms with Crippen LogP contribution in [-0.4, -0.2) is 21.1 Å². The zero-order valence-electron chi connectivity index (χ0n) is 15.7. The van der Waals surface area contributed by atoms with Crippen molar-refractivity contribution < 1.29 is 14.3 Å². The number of phenols is 1. The topological polar surface area (TPSA) is 87.4 Å². The highest BCUT2D eigenvalue weighted by atomic mass is 32.1. The van der Waals surface area contributed by atoms with Crippen molar-refractivity contribution in [2.75, 3.05) is 5.32 Å². The van der Waals surface area contributed by atoms with Gasteiger partial charge in [-0.25, -0.2) is 4.98 Å². The van der Waals surface area contributed by atoms with Gasteiger partial charge in [-0.2, -0.15) is 0 Å². The van der Waals surface area contributed by atoms with Crippen molar-refractivity contribution in [2.45, 2.75) is 0 Å². The molecule has 7 heteroatoms. The van der Waals surface area contributed by atoms with E-state index in [-0.39, 0.29) is 16.8 Å². The van der Waals surface area contributed by atoms with Gasteiger partial charge in [-0.05, 0) is 48.1 Å². The molecule has 4 aromatic rings. The molecule has 0 atom stereocenters. The Kier molecular flexibility index (Phi) is 5.54. The smallest absolute Gasteiger partial charge is 0.250 e. The maximum atomic E-state index is 12.0. The van der Waals surface area contributed by atoms with E-state index in [4.69, 9.17) is 16.6 Å². The zero-order valence-corrected chi connectivity index (χ0v) is 16.5. The molecule has 1 heterocycles. The van der Waals surface area contributed by atoms with Crippen LogP contribution in [0.5, 0.6) is 5.75 Å². The molecule has 3 N–H and O–H groups in total. The fourth-order valence-electron chi connectivity index (χ4n) is 2.83. The molecule has 6 nitrogen and oxygen atoms in total. The third kappa shape index (κ3) is 4.53. The molecule has 0 fully saturated rings. The first-order chi connectivity index (χ1) is 14.6. The van der Waals surface area contributed by atoms with E-state index in [9.17, 15) is 9.90 Å². The largest absolute Gasteiger partial charge is 0.507 e. The highest BCUT2D eigenvalue weighted by Crippen LogP contribution is 2.32. The van der Waals surface area contributed by atoms with E-state index in [0.29, 0.717) is 28.2 Å². The molecule has 1 aromatic heterocycles. The SMILES string of the molecule is O=C(C=Cc1ccccc1)NC(=S)Nc1ccc(-c2nc3ccccc3o2)c(O)c1. The van der Waals surface area contributed by atoms with Gasteiger partial charge in [-0.1, -0.05) is 42.5 Å². The molecule has 0 radical (unpaired) electrons. The van der Waals surface area contributed by atoms with Gasteiger partial charge >= 0.3 is 0 Å². The summed E-state index contributed by atoms with van der Waals surface area (Å²) in [6.45, 7) is 0. The molecular weight excluding hydrogens is 398 g/mol. The van der Waals surface area contributed by atoms with Crippen LogP contribution in [0, 0.1) is 0 Å². The van der Waals surface area contributed by atoms with Gasteiger partial charge in [0.2, 0.25) is 11.8 Å². The van der Waals surface area contributed by atoms with Crippen molar-refractivity contribution in [3.8, 4) is 17.2 Å². The van der Waals surface area contributed by atoms with Gasteiger partial charge in [-0.15, -0.1) is 0 Å². The summed E-state index contributed by atoms with van der Waals surface area (Å²) in [7, 11) is 0. The Hall–Kier alpha value is -3.97. The number of aromatic nitrogens is 1. The Balaban J connectivity index is 1.41. The van der Waals surface area contributed by atoms with Gasteiger partial charge in [0, 0.05) is 17.8 Å². The van der Waals surface area contributed by atoms with Gasteiger partial charge in [0.15, 0.2) is 10.7 Å². The number of carbonyl (C=O) groups excluding carboxylic acids is 1. The monoisotopic (exact) mass is 415 g/mol. The Bertz CT molecular complexity index is 1220. The highest BCUT2D eigenvalue weighted by Gasteiger charge is 2.13. The van der Waals surface area contributed by atoms with Crippen LogP contribution in [0.25, 0.3) is 28.6 Å². The Morgan fingerprint density at radius 1 is 1.03 bits per heavy atom. The highest BCUT2D eigenvalue weighted by molar-refractivity contribution is 7.80. The molecule has 0 saturated heterocycles. The van der Waals surface area contributed by atoms with Crippen LogP contribution in [0.3, 0.4) is 0 Å². The lowest BCUT2D eigenvalue weighted by Gasteiger charge is -2.09. The van der Waals surface area contributed by atoms with Crippen molar-refractivity contribution in [1.29, 1.82) is 0 Å². The summed E-state index contributed by atoms with van der Waals surface area (Å²) in [5, 5.41) is 15.9. The van der Waals surface area contributed by atoms with E-state index in [2.05, 4.69) is 15.6 Å². The van der Waals surface area contributed by atoms with Gasteiger partial charge in [0.1, 0.15) is 11.3 Å². The van der Waals surface area contributed by atoms with Gasteiger partial charge in [-0.3, -0.25) is 10.1 Å². The number of oxazole rings is 1. The first kappa shape index (κ1) is 19.4. The average Bonchev–Trinajstić information content (AvgIpc) is 3.17. The van der Waals surface area contributed by atoms with Gasteiger partial charge in [0.05, 0.1) is 5.56 Å². The summed E-state index contributed by atoms with van der Waals surface area (Å²) < 4.78 is 5.69. The fourth-order valence-corrected chi connectivity index (χ4v) is 3.05. The van der Waals surface area contributed by atoms with E-state index in [1.54, 1.807) is 18.2 Å². The normalized spacial score (nSPS) is 10.9. The summed E-state index contributed by atoms with van der Waals surface area (Å²) in [5.41, 5.74) is 3.23. The second-order valence-electron chi connectivity index (χ2n) is 6.41. The number of fused-ring (bicyclic) bond motifs is 1. The number of para-hydroxylation sites is 2. The predicted molar refractivity (Wildman–Crippen MR) is 121 cm³/mol. The van der Waals surface area contributed by atoms with Crippen LogP contribution in [0.15, 0.2) is 83.3 Å². The molecule has 4 rings (SSSR count). The van der Waals surface area contributed by atoms with Crippen LogP contribution < -0.4 is 10.6 Å². The van der Waals surface area contributed by atoms with Crippen LogP contribution in [0.1, 0.15) is 5.56 Å². The number of hydrogen-bond donors (Lipinski definition) is 3. The number of nitrogens with zero attached hydrogens (tertiary/aromatic N) is 1. The molecule has 1 amide bonds. The summed E-state index contributed by atoms with van der Waals surface area (Å²) in [6, 6.07) is 21.7. The second-order valence-corrected chi connectivity index (χ2v) is 6.81. The molecule has 0 spiro atoms. The molecule has 148 valence electrons. The molecule has 0 aliphatic heterocycles. The maximum absolute atomic E-state index is 12.0. The van der Waals surface area contributed by atoms with Crippen molar-refractivity contribution in [3.63, 3.8) is 0 Å². The molecule has 0 aliphatic carbocycles. The number of phenolic OH excluding ortho intramolecular Hbond substituents is 1. The first-order valence-electron chi connectivity index (χ1n) is 9.12. The number of thiocarbonyl (C=S) groups is 1. The van der Waals surface area contributed by atoms with E-state index in [1.807, 2.05) is 54.6 Å². The lowest BCUT2D eigenvalue weighted by Crippen LogP contribution is -2.32. The van der Waals surface area contributed by atoms with Crippen LogP contribution in [0.2, 0.25) is 0 Å². The first-order valence-corrected chi connectivity index (χ1v) is 9.53. The molecule has 0 aliphatic rings. The molecule has 0 unspecified atom stereocenters. The number of aromatic hydroxyl groups is 1. The number of anilines is 1. The molecule has 30 heavy (non-hydrogen) atoms. The zero-order chi connectivity index (χ0) is 20.9. The number of benzene rings is 3. The molecule has 0 bridgehead atoms. The fraction of sp³-hybridized carbons (Fsp3) is 0. The number of rotatable bonds is 4. The summed E-state index contributed by atoms with van der Waals surface area (Å²) in [6.07, 6.45) is 3.09. The molecule has 0 saturated carbocycles. The summed E-state index contributed by atoms with van der Waals surface area (Å²) in [5.74, 6) is -0.0597. The average molecular weight is 415 g/mol. The third-order valence-corrected chi connectivity index (χ3v) is 4.45. The lowest BCUT2D eigenvalue weighted by atomic mass is 10.2. The van der Waals surface area contributed by atoms with Crippen molar-refractivity contribution in [3.05, 3.63) is 84.4 Å². The van der Waals surface area contributed by atoms with Crippen LogP contribution >= 0.6 is 12.2 Å². The number of carbonyl (C=O) groups is 1. The standard InChI is InChI=1S/C23H17N3O3S/c27-19-14-16(11-12-17(19)22-25-18-8-4-5-9-20(18)29-22)24-23(30)26-21(28)13-10-15-6-2-1-3-7-15/h1-14,27H,(H2,24,26,28,30). The van der Waals surface area contributed by atoms with E-state index in [1.165, 1.54) is 12.1 Å². The summed E-state index contributed by atoms with van der Waals surface area (Å²) >= 11 is 5.17. The van der Waals surface area contributed by atoms with Crippen LogP contribution in [-0.2, 0) is 4.79 Å². The Morgan fingerprint density at radius 3 is 2.57 bits per heavy atom. The van der Waals surface area contributed by atoms with Crippen molar-refractivity contribution >= 4 is 46.1 Å². The third-order valence-electron chi connectivity index (χ3n) is 4.24.